The van der Waals surface area contributed by atoms with E-state index in [1.165, 1.54) is 6.33 Å². The van der Waals surface area contributed by atoms with Gasteiger partial charge in [0.15, 0.2) is 5.65 Å². The Bertz CT molecular complexity index is 1260. The summed E-state index contributed by atoms with van der Waals surface area (Å²) in [5.74, 6) is 0.270. The second-order valence-electron chi connectivity index (χ2n) is 7.80. The van der Waals surface area contributed by atoms with Crippen molar-refractivity contribution in [2.75, 3.05) is 24.1 Å². The van der Waals surface area contributed by atoms with Crippen molar-refractivity contribution in [2.45, 2.75) is 19.4 Å². The van der Waals surface area contributed by atoms with Crippen LogP contribution in [0.15, 0.2) is 54.9 Å². The quantitative estimate of drug-likeness (QED) is 0.474. The van der Waals surface area contributed by atoms with E-state index in [0.717, 1.165) is 47.4 Å². The Morgan fingerprint density at radius 3 is 2.77 bits per heavy atom. The van der Waals surface area contributed by atoms with Gasteiger partial charge in [0.1, 0.15) is 17.8 Å². The van der Waals surface area contributed by atoms with Crippen LogP contribution in [0.25, 0.3) is 22.3 Å². The molecule has 8 nitrogen and oxygen atoms in total. The van der Waals surface area contributed by atoms with E-state index in [2.05, 4.69) is 20.6 Å². The van der Waals surface area contributed by atoms with Crippen LogP contribution in [0.5, 0.6) is 0 Å². The SMILES string of the molecule is Cc1cccc(C(=O)Nc2ccc(-c3nn([C@@H]4CCNC4)c4ncnc(N)c34)cc2)c1. The molecule has 1 fully saturated rings. The maximum absolute atomic E-state index is 12.5. The van der Waals surface area contributed by atoms with E-state index in [9.17, 15) is 4.79 Å². The smallest absolute Gasteiger partial charge is 0.255 e. The number of hydrogen-bond donors (Lipinski definition) is 3. The lowest BCUT2D eigenvalue weighted by atomic mass is 10.1. The molecule has 4 N–H and O–H groups in total. The Hall–Kier alpha value is -3.78. The molecule has 0 radical (unpaired) electrons. The lowest BCUT2D eigenvalue weighted by molar-refractivity contribution is 0.102. The Morgan fingerprint density at radius 1 is 1.19 bits per heavy atom. The van der Waals surface area contributed by atoms with Crippen LogP contribution in [0.1, 0.15) is 28.4 Å². The van der Waals surface area contributed by atoms with Crippen molar-refractivity contribution in [3.05, 3.63) is 66.0 Å². The van der Waals surface area contributed by atoms with Gasteiger partial charge in [-0.05, 0) is 44.2 Å². The lowest BCUT2D eigenvalue weighted by Crippen LogP contribution is -2.15. The molecule has 31 heavy (non-hydrogen) atoms. The summed E-state index contributed by atoms with van der Waals surface area (Å²) in [6, 6.07) is 15.3. The molecule has 8 heteroatoms. The van der Waals surface area contributed by atoms with E-state index in [4.69, 9.17) is 10.8 Å². The molecule has 4 aromatic rings. The molecular weight excluding hydrogens is 390 g/mol. The number of anilines is 2. The van der Waals surface area contributed by atoms with Gasteiger partial charge in [-0.15, -0.1) is 0 Å². The van der Waals surface area contributed by atoms with E-state index < -0.39 is 0 Å². The van der Waals surface area contributed by atoms with Crippen LogP contribution in [0, 0.1) is 6.92 Å². The third-order valence-corrected chi connectivity index (χ3v) is 5.59. The molecule has 1 aliphatic heterocycles. The molecule has 0 bridgehead atoms. The maximum Gasteiger partial charge on any atom is 0.255 e. The number of amides is 1. The molecule has 1 amide bonds. The van der Waals surface area contributed by atoms with Crippen molar-refractivity contribution in [1.29, 1.82) is 0 Å². The second-order valence-corrected chi connectivity index (χ2v) is 7.80. The normalized spacial score (nSPS) is 16.0. The first-order valence-corrected chi connectivity index (χ1v) is 10.3. The number of aromatic nitrogens is 4. The number of carbonyl (C=O) groups is 1. The first-order chi connectivity index (χ1) is 15.1. The van der Waals surface area contributed by atoms with E-state index in [1.54, 1.807) is 6.07 Å². The standard InChI is InChI=1S/C23H23N7O/c1-14-3-2-4-16(11-14)23(31)28-17-7-5-15(6-8-17)20-19-21(24)26-13-27-22(19)30(29-20)18-9-10-25-12-18/h2-8,11,13,18,25H,9-10,12H2,1H3,(H,28,31)(H2,24,26,27)/t18-/m1/s1. The molecule has 156 valence electrons. The van der Waals surface area contributed by atoms with Crippen LogP contribution < -0.4 is 16.4 Å². The molecular formula is C23H23N7O. The van der Waals surface area contributed by atoms with Crippen molar-refractivity contribution >= 4 is 28.4 Å². The van der Waals surface area contributed by atoms with Crippen LogP contribution in [-0.2, 0) is 0 Å². The molecule has 0 unspecified atom stereocenters. The summed E-state index contributed by atoms with van der Waals surface area (Å²) in [6.07, 6.45) is 2.47. The third kappa shape index (κ3) is 3.62. The number of nitrogens with one attached hydrogen (secondary N) is 2. The predicted octanol–water partition coefficient (Wildman–Crippen LogP) is 3.17. The van der Waals surface area contributed by atoms with Gasteiger partial charge in [-0.1, -0.05) is 29.8 Å². The lowest BCUT2D eigenvalue weighted by Gasteiger charge is -2.09. The zero-order chi connectivity index (χ0) is 21.4. The topological polar surface area (TPSA) is 111 Å². The number of rotatable bonds is 4. The summed E-state index contributed by atoms with van der Waals surface area (Å²) in [5.41, 5.74) is 11.0. The summed E-state index contributed by atoms with van der Waals surface area (Å²) >= 11 is 0. The highest BCUT2D eigenvalue weighted by Gasteiger charge is 2.24. The van der Waals surface area contributed by atoms with Gasteiger partial charge in [0, 0.05) is 23.4 Å². The number of aryl methyl sites for hydroxylation is 1. The average Bonchev–Trinajstić information content (AvgIpc) is 3.43. The fourth-order valence-corrected chi connectivity index (χ4v) is 4.00. The molecule has 5 rings (SSSR count). The van der Waals surface area contributed by atoms with Gasteiger partial charge in [0.05, 0.1) is 11.4 Å². The minimum absolute atomic E-state index is 0.141. The first kappa shape index (κ1) is 19.2. The first-order valence-electron chi connectivity index (χ1n) is 10.3. The van der Waals surface area contributed by atoms with Crippen molar-refractivity contribution < 1.29 is 4.79 Å². The molecule has 1 aliphatic rings. The fourth-order valence-electron chi connectivity index (χ4n) is 4.00. The van der Waals surface area contributed by atoms with Crippen molar-refractivity contribution in [3.63, 3.8) is 0 Å². The minimum Gasteiger partial charge on any atom is -0.383 e. The monoisotopic (exact) mass is 413 g/mol. The van der Waals surface area contributed by atoms with Gasteiger partial charge >= 0.3 is 0 Å². The molecule has 3 heterocycles. The van der Waals surface area contributed by atoms with E-state index in [1.807, 2.05) is 54.1 Å². The van der Waals surface area contributed by atoms with Gasteiger partial charge in [0.25, 0.3) is 5.91 Å². The second kappa shape index (κ2) is 7.81. The molecule has 0 saturated carbocycles. The number of nitrogens with two attached hydrogens (primary N) is 1. The molecule has 1 saturated heterocycles. The summed E-state index contributed by atoms with van der Waals surface area (Å²) in [4.78, 5) is 21.2. The largest absolute Gasteiger partial charge is 0.383 e. The Labute approximate surface area is 179 Å². The van der Waals surface area contributed by atoms with Gasteiger partial charge in [-0.25, -0.2) is 14.6 Å². The fraction of sp³-hybridized carbons (Fsp3) is 0.217. The summed E-state index contributed by atoms with van der Waals surface area (Å²) in [7, 11) is 0. The van der Waals surface area contributed by atoms with Crippen LogP contribution in [0.4, 0.5) is 11.5 Å². The minimum atomic E-state index is -0.141. The van der Waals surface area contributed by atoms with Crippen LogP contribution in [0.2, 0.25) is 0 Å². The zero-order valence-electron chi connectivity index (χ0n) is 17.2. The van der Waals surface area contributed by atoms with Gasteiger partial charge < -0.3 is 16.4 Å². The van der Waals surface area contributed by atoms with Crippen LogP contribution in [-0.4, -0.2) is 38.7 Å². The molecule has 1 atom stereocenters. The zero-order valence-corrected chi connectivity index (χ0v) is 17.2. The summed E-state index contributed by atoms with van der Waals surface area (Å²) < 4.78 is 1.95. The Kier molecular flexibility index (Phi) is 4.83. The van der Waals surface area contributed by atoms with Gasteiger partial charge in [-0.3, -0.25) is 4.79 Å². The summed E-state index contributed by atoms with van der Waals surface area (Å²) in [6.45, 7) is 3.77. The van der Waals surface area contributed by atoms with E-state index >= 15 is 0 Å². The summed E-state index contributed by atoms with van der Waals surface area (Å²) in [5, 5.41) is 11.9. The maximum atomic E-state index is 12.5. The third-order valence-electron chi connectivity index (χ3n) is 5.59. The van der Waals surface area contributed by atoms with Crippen molar-refractivity contribution in [1.82, 2.24) is 25.1 Å². The van der Waals surface area contributed by atoms with Crippen LogP contribution >= 0.6 is 0 Å². The Balaban J connectivity index is 1.46. The molecule has 0 spiro atoms. The molecule has 0 aliphatic carbocycles. The number of nitrogen functional groups attached to an aromatic ring is 1. The molecule has 2 aromatic carbocycles. The van der Waals surface area contributed by atoms with Gasteiger partial charge in [0.2, 0.25) is 0 Å². The number of hydrogen-bond acceptors (Lipinski definition) is 6. The number of carbonyl (C=O) groups excluding carboxylic acids is 1. The Morgan fingerprint density at radius 2 is 2.03 bits per heavy atom. The van der Waals surface area contributed by atoms with Crippen molar-refractivity contribution in [3.8, 4) is 11.3 Å². The highest BCUT2D eigenvalue weighted by molar-refractivity contribution is 6.04. The van der Waals surface area contributed by atoms with E-state index in [-0.39, 0.29) is 11.9 Å². The van der Waals surface area contributed by atoms with Gasteiger partial charge in [-0.2, -0.15) is 5.10 Å². The predicted molar refractivity (Wildman–Crippen MR) is 121 cm³/mol. The number of fused-ring (bicyclic) bond motifs is 1. The number of nitrogens with zero attached hydrogens (tertiary/aromatic N) is 4. The highest BCUT2D eigenvalue weighted by Crippen LogP contribution is 2.33. The molecule has 2 aromatic heterocycles. The van der Waals surface area contributed by atoms with E-state index in [0.29, 0.717) is 17.1 Å². The van der Waals surface area contributed by atoms with Crippen LogP contribution in [0.3, 0.4) is 0 Å². The number of benzene rings is 2. The van der Waals surface area contributed by atoms with Crippen molar-refractivity contribution in [2.24, 2.45) is 0 Å². The highest BCUT2D eigenvalue weighted by atomic mass is 16.1. The average molecular weight is 413 g/mol.